The molecule has 8 aliphatic carbocycles. The number of aliphatic hydroxyl groups excluding tert-OH is 2. The van der Waals surface area contributed by atoms with Crippen LogP contribution in [0.25, 0.3) is 0 Å². The lowest BCUT2D eigenvalue weighted by Gasteiger charge is -2.61. The van der Waals surface area contributed by atoms with Crippen LogP contribution in [-0.4, -0.2) is 22.4 Å². The highest BCUT2D eigenvalue weighted by atomic mass is 16.3. The van der Waals surface area contributed by atoms with E-state index in [9.17, 15) is 10.2 Å². The van der Waals surface area contributed by atoms with E-state index < -0.39 is 0 Å². The lowest BCUT2D eigenvalue weighted by molar-refractivity contribution is -0.132. The molecule has 2 heteroatoms. The zero-order valence-electron chi connectivity index (χ0n) is 30.0. The zero-order chi connectivity index (χ0) is 31.1. The van der Waals surface area contributed by atoms with Crippen LogP contribution in [0, 0.1) is 80.8 Å². The van der Waals surface area contributed by atoms with Gasteiger partial charge in [-0.25, -0.2) is 0 Å². The van der Waals surface area contributed by atoms with E-state index in [1.165, 1.54) is 64.2 Å². The monoisotopic (exact) mass is 609 g/mol. The van der Waals surface area contributed by atoms with E-state index in [0.717, 1.165) is 71.5 Å². The number of aliphatic hydroxyl groups is 2. The van der Waals surface area contributed by atoms with Crippen molar-refractivity contribution in [3.63, 3.8) is 0 Å². The Balaban J connectivity index is 0.000000143. The molecule has 0 aromatic rings. The molecule has 0 bridgehead atoms. The quantitative estimate of drug-likeness (QED) is 0.327. The summed E-state index contributed by atoms with van der Waals surface area (Å²) in [6, 6.07) is 0. The van der Waals surface area contributed by atoms with Crippen molar-refractivity contribution in [2.45, 2.75) is 182 Å². The maximum atomic E-state index is 10.3. The van der Waals surface area contributed by atoms with Gasteiger partial charge in [-0.3, -0.25) is 0 Å². The largest absolute Gasteiger partial charge is 0.393 e. The number of hydrogen-bond donors (Lipinski definition) is 2. The van der Waals surface area contributed by atoms with Gasteiger partial charge in [0, 0.05) is 0 Å². The second-order valence-electron chi connectivity index (χ2n) is 19.7. The van der Waals surface area contributed by atoms with Gasteiger partial charge in [-0.2, -0.15) is 0 Å². The second-order valence-corrected chi connectivity index (χ2v) is 19.7. The Morgan fingerprint density at radius 3 is 1.82 bits per heavy atom. The molecule has 0 amide bonds. The van der Waals surface area contributed by atoms with Crippen LogP contribution in [0.1, 0.15) is 170 Å². The average Bonchev–Trinajstić information content (AvgIpc) is 3.54. The van der Waals surface area contributed by atoms with E-state index in [0.29, 0.717) is 22.2 Å². The van der Waals surface area contributed by atoms with Crippen molar-refractivity contribution in [3.8, 4) is 0 Å². The molecule has 16 atom stereocenters. The summed E-state index contributed by atoms with van der Waals surface area (Å²) in [5.74, 6) is 9.27. The minimum absolute atomic E-state index is 0.0374. The third-order valence-corrected chi connectivity index (χ3v) is 18.6. The fourth-order valence-corrected chi connectivity index (χ4v) is 16.1. The van der Waals surface area contributed by atoms with Crippen LogP contribution >= 0.6 is 0 Å². The number of rotatable bonds is 2. The van der Waals surface area contributed by atoms with E-state index in [4.69, 9.17) is 0 Å². The van der Waals surface area contributed by atoms with Gasteiger partial charge < -0.3 is 10.2 Å². The van der Waals surface area contributed by atoms with Gasteiger partial charge in [0.25, 0.3) is 0 Å². The average molecular weight is 609 g/mol. The van der Waals surface area contributed by atoms with Gasteiger partial charge in [0.05, 0.1) is 12.2 Å². The first-order chi connectivity index (χ1) is 21.0. The molecule has 0 aliphatic heterocycles. The minimum Gasteiger partial charge on any atom is -0.393 e. The van der Waals surface area contributed by atoms with E-state index in [1.54, 1.807) is 51.4 Å². The highest BCUT2D eigenvalue weighted by molar-refractivity contribution is 5.11. The molecule has 0 spiro atoms. The minimum atomic E-state index is -0.140. The molecule has 8 rings (SSSR count). The molecular formula is C42H72O2. The second kappa shape index (κ2) is 11.8. The van der Waals surface area contributed by atoms with Crippen molar-refractivity contribution >= 4 is 0 Å². The van der Waals surface area contributed by atoms with Crippen molar-refractivity contribution in [2.24, 2.45) is 80.8 Å². The lowest BCUT2D eigenvalue weighted by atomic mass is 9.44. The van der Waals surface area contributed by atoms with Crippen molar-refractivity contribution in [1.82, 2.24) is 0 Å². The van der Waals surface area contributed by atoms with Gasteiger partial charge in [0.15, 0.2) is 0 Å². The molecule has 8 fully saturated rings. The lowest BCUT2D eigenvalue weighted by Crippen LogP contribution is -2.54. The summed E-state index contributed by atoms with van der Waals surface area (Å²) in [4.78, 5) is 0. The van der Waals surface area contributed by atoms with Crippen LogP contribution in [0.3, 0.4) is 0 Å². The van der Waals surface area contributed by atoms with Crippen LogP contribution in [0.4, 0.5) is 0 Å². The van der Waals surface area contributed by atoms with Crippen molar-refractivity contribution in [2.75, 3.05) is 0 Å². The Labute approximate surface area is 272 Å². The number of hydrogen-bond acceptors (Lipinski definition) is 2. The Morgan fingerprint density at radius 2 is 1.14 bits per heavy atom. The SMILES string of the molecule is CC(O)[C@H]1CC[C@H]2[C@@H]3CC[C@H]4C[C@H](O)CC[C@]4(C)[C@H]3CC[C@]12C.CC[C@H]1CC[C@H]2[C@@H]3CCC4CCCC[C@]4(C)[C@H]3CC[C@]12C. The summed E-state index contributed by atoms with van der Waals surface area (Å²) < 4.78 is 0. The summed E-state index contributed by atoms with van der Waals surface area (Å²) in [6.07, 6.45) is 28.1. The Kier molecular flexibility index (Phi) is 8.71. The highest BCUT2D eigenvalue weighted by Gasteiger charge is 2.61. The first-order valence-corrected chi connectivity index (χ1v) is 20.3. The molecule has 2 unspecified atom stereocenters. The fraction of sp³-hybridized carbons (Fsp3) is 1.00. The van der Waals surface area contributed by atoms with Crippen LogP contribution < -0.4 is 0 Å². The molecule has 252 valence electrons. The molecule has 2 N–H and O–H groups in total. The summed E-state index contributed by atoms with van der Waals surface area (Å²) >= 11 is 0. The van der Waals surface area contributed by atoms with Crippen LogP contribution in [-0.2, 0) is 0 Å². The highest BCUT2D eigenvalue weighted by Crippen LogP contribution is 2.69. The van der Waals surface area contributed by atoms with Gasteiger partial charge in [-0.05, 0) is 197 Å². The molecular weight excluding hydrogens is 536 g/mol. The van der Waals surface area contributed by atoms with Crippen LogP contribution in [0.15, 0.2) is 0 Å². The third kappa shape index (κ3) is 4.88. The molecule has 2 nitrogen and oxygen atoms in total. The van der Waals surface area contributed by atoms with Crippen molar-refractivity contribution in [3.05, 3.63) is 0 Å². The van der Waals surface area contributed by atoms with Gasteiger partial charge in [-0.1, -0.05) is 53.9 Å². The van der Waals surface area contributed by atoms with E-state index >= 15 is 0 Å². The van der Waals surface area contributed by atoms with Gasteiger partial charge in [0.1, 0.15) is 0 Å². The van der Waals surface area contributed by atoms with E-state index in [2.05, 4.69) is 34.6 Å². The summed E-state index contributed by atoms with van der Waals surface area (Å²) in [6.45, 7) is 14.9. The molecule has 8 saturated carbocycles. The maximum Gasteiger partial charge on any atom is 0.0545 e. The topological polar surface area (TPSA) is 40.5 Å². The van der Waals surface area contributed by atoms with Crippen molar-refractivity contribution < 1.29 is 10.2 Å². The van der Waals surface area contributed by atoms with Crippen LogP contribution in [0.2, 0.25) is 0 Å². The normalized spacial score (nSPS) is 56.9. The van der Waals surface area contributed by atoms with Gasteiger partial charge >= 0.3 is 0 Å². The molecule has 0 aromatic carbocycles. The smallest absolute Gasteiger partial charge is 0.0545 e. The van der Waals surface area contributed by atoms with E-state index in [-0.39, 0.29) is 12.2 Å². The van der Waals surface area contributed by atoms with Gasteiger partial charge in [-0.15, -0.1) is 0 Å². The Hall–Kier alpha value is -0.0800. The van der Waals surface area contributed by atoms with Gasteiger partial charge in [0.2, 0.25) is 0 Å². The first-order valence-electron chi connectivity index (χ1n) is 20.3. The third-order valence-electron chi connectivity index (χ3n) is 18.6. The molecule has 0 radical (unpaired) electrons. The first kappa shape index (κ1) is 32.5. The van der Waals surface area contributed by atoms with E-state index in [1.807, 2.05) is 6.92 Å². The standard InChI is InChI=1S/C21H36O2.C21H36/c1-13(22)17-6-7-18-16-5-4-14-12-15(23)8-10-20(14,2)19(16)9-11-21(17,18)3;1-4-15-9-11-18-17-10-8-16-7-5-6-13-20(16,2)19(17)12-14-21(15,18)3/h13-19,22-23H,4-12H2,1-3H3;15-19H,4-14H2,1-3H3/t13?,14-,15+,16-,17+,18-,19-,20-,21+;15-,16?,17-,18-,19-,20-,21+/m00/s1. The summed E-state index contributed by atoms with van der Waals surface area (Å²) in [5, 5.41) is 20.4. The fourth-order valence-electron chi connectivity index (χ4n) is 16.1. The van der Waals surface area contributed by atoms with Crippen LogP contribution in [0.5, 0.6) is 0 Å². The molecule has 44 heavy (non-hydrogen) atoms. The summed E-state index contributed by atoms with van der Waals surface area (Å²) in [5.41, 5.74) is 2.31. The molecule has 0 saturated heterocycles. The predicted octanol–water partition coefficient (Wildman–Crippen LogP) is 10.8. The molecule has 8 aliphatic rings. The zero-order valence-corrected chi connectivity index (χ0v) is 30.0. The predicted molar refractivity (Wildman–Crippen MR) is 183 cm³/mol. The summed E-state index contributed by atoms with van der Waals surface area (Å²) in [7, 11) is 0. The molecule has 0 heterocycles. The Morgan fingerprint density at radius 1 is 0.568 bits per heavy atom. The Bertz CT molecular complexity index is 1020. The number of fused-ring (bicyclic) bond motifs is 10. The molecule has 0 aromatic heterocycles. The van der Waals surface area contributed by atoms with Crippen molar-refractivity contribution in [1.29, 1.82) is 0 Å². The maximum absolute atomic E-state index is 10.3.